The van der Waals surface area contributed by atoms with Crippen LogP contribution in [0.3, 0.4) is 0 Å². The van der Waals surface area contributed by atoms with Gasteiger partial charge in [0.1, 0.15) is 5.82 Å². The SMILES string of the molecule is Cc1cccc(CN(C)C(C)C(=O)c2ccc(F)cc2)n1. The summed E-state index contributed by atoms with van der Waals surface area (Å²) in [6.45, 7) is 4.38. The van der Waals surface area contributed by atoms with Crippen molar-refractivity contribution in [3.8, 4) is 0 Å². The molecule has 2 rings (SSSR count). The predicted molar refractivity (Wildman–Crippen MR) is 80.6 cm³/mol. The topological polar surface area (TPSA) is 33.2 Å². The minimum atomic E-state index is -0.337. The summed E-state index contributed by atoms with van der Waals surface area (Å²) in [7, 11) is 1.89. The molecule has 0 aliphatic carbocycles. The summed E-state index contributed by atoms with van der Waals surface area (Å²) < 4.78 is 12.9. The first-order valence-corrected chi connectivity index (χ1v) is 6.90. The van der Waals surface area contributed by atoms with Crippen LogP contribution in [0, 0.1) is 12.7 Å². The number of aryl methyl sites for hydroxylation is 1. The zero-order chi connectivity index (χ0) is 15.4. The number of aromatic nitrogens is 1. The number of carbonyl (C=O) groups excluding carboxylic acids is 1. The quantitative estimate of drug-likeness (QED) is 0.791. The molecule has 21 heavy (non-hydrogen) atoms. The van der Waals surface area contributed by atoms with E-state index in [4.69, 9.17) is 0 Å². The molecule has 0 amide bonds. The molecule has 0 aliphatic rings. The Bertz CT molecular complexity index is 625. The van der Waals surface area contributed by atoms with Crippen LogP contribution in [-0.2, 0) is 6.54 Å². The van der Waals surface area contributed by atoms with Gasteiger partial charge in [-0.2, -0.15) is 0 Å². The van der Waals surface area contributed by atoms with Gasteiger partial charge >= 0.3 is 0 Å². The summed E-state index contributed by atoms with van der Waals surface area (Å²) in [5.41, 5.74) is 2.41. The van der Waals surface area contributed by atoms with E-state index >= 15 is 0 Å². The lowest BCUT2D eigenvalue weighted by Gasteiger charge is -2.23. The van der Waals surface area contributed by atoms with Crippen LogP contribution in [0.5, 0.6) is 0 Å². The smallest absolute Gasteiger partial charge is 0.179 e. The third-order valence-electron chi connectivity index (χ3n) is 3.53. The molecule has 1 aromatic heterocycles. The third-order valence-corrected chi connectivity index (χ3v) is 3.53. The highest BCUT2D eigenvalue weighted by Crippen LogP contribution is 2.11. The molecular weight excluding hydrogens is 267 g/mol. The summed E-state index contributed by atoms with van der Waals surface area (Å²) in [4.78, 5) is 18.7. The molecule has 3 nitrogen and oxygen atoms in total. The van der Waals surface area contributed by atoms with Crippen LogP contribution in [-0.4, -0.2) is 28.8 Å². The number of halogens is 1. The van der Waals surface area contributed by atoms with Gasteiger partial charge in [-0.1, -0.05) is 6.07 Å². The second kappa shape index (κ2) is 6.59. The Labute approximate surface area is 124 Å². The molecule has 1 aromatic carbocycles. The Morgan fingerprint density at radius 2 is 1.90 bits per heavy atom. The fraction of sp³-hybridized carbons (Fsp3) is 0.294. The highest BCUT2D eigenvalue weighted by molar-refractivity contribution is 5.99. The number of nitrogens with zero attached hydrogens (tertiary/aromatic N) is 2. The Hall–Kier alpha value is -2.07. The minimum absolute atomic E-state index is 0.0230. The highest BCUT2D eigenvalue weighted by Gasteiger charge is 2.20. The Balaban J connectivity index is 2.06. The van der Waals surface area contributed by atoms with Crippen molar-refractivity contribution in [3.05, 3.63) is 65.2 Å². The number of Topliss-reactive ketones (excluding diaryl/α,β-unsaturated/α-hetero) is 1. The van der Waals surface area contributed by atoms with E-state index in [0.29, 0.717) is 12.1 Å². The second-order valence-electron chi connectivity index (χ2n) is 5.23. The molecule has 2 aromatic rings. The Kier molecular flexibility index (Phi) is 4.81. The molecule has 0 saturated heterocycles. The van der Waals surface area contributed by atoms with Crippen LogP contribution in [0.4, 0.5) is 4.39 Å². The number of benzene rings is 1. The number of pyridine rings is 1. The van der Waals surface area contributed by atoms with Crippen LogP contribution >= 0.6 is 0 Å². The van der Waals surface area contributed by atoms with Crippen molar-refractivity contribution >= 4 is 5.78 Å². The lowest BCUT2D eigenvalue weighted by atomic mass is 10.0. The van der Waals surface area contributed by atoms with Crippen molar-refractivity contribution in [2.75, 3.05) is 7.05 Å². The zero-order valence-electron chi connectivity index (χ0n) is 12.5. The number of rotatable bonds is 5. The largest absolute Gasteiger partial charge is 0.292 e. The Morgan fingerprint density at radius 1 is 1.24 bits per heavy atom. The monoisotopic (exact) mass is 286 g/mol. The minimum Gasteiger partial charge on any atom is -0.292 e. The summed E-state index contributed by atoms with van der Waals surface area (Å²) >= 11 is 0. The van der Waals surface area contributed by atoms with Gasteiger partial charge in [0.05, 0.1) is 11.7 Å². The highest BCUT2D eigenvalue weighted by atomic mass is 19.1. The van der Waals surface area contributed by atoms with Gasteiger partial charge in [0.2, 0.25) is 0 Å². The van der Waals surface area contributed by atoms with Crippen molar-refractivity contribution in [2.45, 2.75) is 26.4 Å². The van der Waals surface area contributed by atoms with E-state index in [1.54, 1.807) is 0 Å². The average Bonchev–Trinajstić information content (AvgIpc) is 2.46. The molecule has 1 unspecified atom stereocenters. The molecule has 0 fully saturated rings. The van der Waals surface area contributed by atoms with Crippen LogP contribution in [0.1, 0.15) is 28.7 Å². The third kappa shape index (κ3) is 3.95. The van der Waals surface area contributed by atoms with Crippen LogP contribution in [0.2, 0.25) is 0 Å². The lowest BCUT2D eigenvalue weighted by Crippen LogP contribution is -2.35. The van der Waals surface area contributed by atoms with Gasteiger partial charge in [0.25, 0.3) is 0 Å². The van der Waals surface area contributed by atoms with Crippen molar-refractivity contribution < 1.29 is 9.18 Å². The van der Waals surface area contributed by atoms with E-state index in [1.165, 1.54) is 24.3 Å². The second-order valence-corrected chi connectivity index (χ2v) is 5.23. The van der Waals surface area contributed by atoms with Gasteiger partial charge in [-0.25, -0.2) is 4.39 Å². The van der Waals surface area contributed by atoms with Crippen molar-refractivity contribution in [1.29, 1.82) is 0 Å². The van der Waals surface area contributed by atoms with Gasteiger partial charge in [0.15, 0.2) is 5.78 Å². The van der Waals surface area contributed by atoms with Gasteiger partial charge in [-0.3, -0.25) is 14.7 Å². The fourth-order valence-electron chi connectivity index (χ4n) is 2.14. The Morgan fingerprint density at radius 3 is 2.52 bits per heavy atom. The first-order chi connectivity index (χ1) is 9.97. The maximum absolute atomic E-state index is 12.9. The van der Waals surface area contributed by atoms with Gasteiger partial charge in [-0.15, -0.1) is 0 Å². The normalized spacial score (nSPS) is 12.4. The zero-order valence-corrected chi connectivity index (χ0v) is 12.5. The van der Waals surface area contributed by atoms with Gasteiger partial charge in [0, 0.05) is 17.8 Å². The van der Waals surface area contributed by atoms with Gasteiger partial charge < -0.3 is 0 Å². The number of ketones is 1. The molecule has 0 spiro atoms. The molecule has 0 aliphatic heterocycles. The molecule has 110 valence electrons. The fourth-order valence-corrected chi connectivity index (χ4v) is 2.14. The van der Waals surface area contributed by atoms with E-state index in [2.05, 4.69) is 4.98 Å². The predicted octanol–water partition coefficient (Wildman–Crippen LogP) is 3.23. The van der Waals surface area contributed by atoms with E-state index in [-0.39, 0.29) is 17.6 Å². The average molecular weight is 286 g/mol. The summed E-state index contributed by atoms with van der Waals surface area (Å²) in [6, 6.07) is 11.2. The van der Waals surface area contributed by atoms with Gasteiger partial charge in [-0.05, 0) is 57.3 Å². The molecule has 0 bridgehead atoms. The molecule has 4 heteroatoms. The molecule has 0 saturated carbocycles. The number of likely N-dealkylation sites (N-methyl/N-ethyl adjacent to an activating group) is 1. The van der Waals surface area contributed by atoms with Crippen molar-refractivity contribution in [3.63, 3.8) is 0 Å². The standard InChI is InChI=1S/C17H19FN2O/c1-12-5-4-6-16(19-12)11-20(3)13(2)17(21)14-7-9-15(18)10-8-14/h4-10,13H,11H2,1-3H3. The number of carbonyl (C=O) groups is 1. The van der Waals surface area contributed by atoms with E-state index in [1.807, 2.05) is 44.0 Å². The van der Waals surface area contributed by atoms with Crippen molar-refractivity contribution in [1.82, 2.24) is 9.88 Å². The molecule has 1 atom stereocenters. The van der Waals surface area contributed by atoms with Crippen LogP contribution in [0.15, 0.2) is 42.5 Å². The molecular formula is C17H19FN2O. The van der Waals surface area contributed by atoms with Crippen molar-refractivity contribution in [2.24, 2.45) is 0 Å². The maximum Gasteiger partial charge on any atom is 0.179 e. The molecule has 1 heterocycles. The first-order valence-electron chi connectivity index (χ1n) is 6.90. The summed E-state index contributed by atoms with van der Waals surface area (Å²) in [5.74, 6) is -0.360. The molecule has 0 N–H and O–H groups in total. The summed E-state index contributed by atoms with van der Waals surface area (Å²) in [6.07, 6.45) is 0. The first kappa shape index (κ1) is 15.3. The van der Waals surface area contributed by atoms with Crippen LogP contribution < -0.4 is 0 Å². The maximum atomic E-state index is 12.9. The number of hydrogen-bond acceptors (Lipinski definition) is 3. The van der Waals surface area contributed by atoms with Crippen LogP contribution in [0.25, 0.3) is 0 Å². The number of hydrogen-bond donors (Lipinski definition) is 0. The van der Waals surface area contributed by atoms with E-state index < -0.39 is 0 Å². The summed E-state index contributed by atoms with van der Waals surface area (Å²) in [5, 5.41) is 0. The molecule has 0 radical (unpaired) electrons. The van der Waals surface area contributed by atoms with E-state index in [9.17, 15) is 9.18 Å². The van der Waals surface area contributed by atoms with E-state index in [0.717, 1.165) is 11.4 Å². The lowest BCUT2D eigenvalue weighted by molar-refractivity contribution is 0.0861.